The maximum Gasteiger partial charge on any atom is 0.511 e. The second-order valence-corrected chi connectivity index (χ2v) is 8.52. The molecule has 0 atom stereocenters. The van der Waals surface area contributed by atoms with Gasteiger partial charge in [0.1, 0.15) is 11.5 Å². The van der Waals surface area contributed by atoms with Crippen molar-refractivity contribution in [1.29, 1.82) is 0 Å². The van der Waals surface area contributed by atoms with Crippen LogP contribution in [0.5, 0.6) is 11.5 Å². The summed E-state index contributed by atoms with van der Waals surface area (Å²) < 4.78 is 66.4. The Morgan fingerprint density at radius 1 is 1.30 bits per heavy atom. The van der Waals surface area contributed by atoms with E-state index in [1.165, 1.54) is 13.2 Å². The zero-order valence-corrected chi connectivity index (χ0v) is 19.7. The maximum atomic E-state index is 12.6. The fourth-order valence-electron chi connectivity index (χ4n) is 2.97. The number of benzene rings is 1. The first kappa shape index (κ1) is 26.6. The lowest BCUT2D eigenvalue weighted by Gasteiger charge is -2.31. The van der Waals surface area contributed by atoms with E-state index in [0.29, 0.717) is 41.0 Å². The van der Waals surface area contributed by atoms with Gasteiger partial charge in [0.15, 0.2) is 5.96 Å². The van der Waals surface area contributed by atoms with Crippen LogP contribution in [0.3, 0.4) is 0 Å². The summed E-state index contributed by atoms with van der Waals surface area (Å²) in [5.41, 5.74) is -4.66. The number of rotatable bonds is 6. The van der Waals surface area contributed by atoms with Crippen molar-refractivity contribution in [3.8, 4) is 11.5 Å². The van der Waals surface area contributed by atoms with Gasteiger partial charge in [-0.2, -0.15) is 17.5 Å². The summed E-state index contributed by atoms with van der Waals surface area (Å²) in [6, 6.07) is 4.85. The van der Waals surface area contributed by atoms with E-state index in [1.54, 1.807) is 19.2 Å². The van der Waals surface area contributed by atoms with Gasteiger partial charge in [-0.15, -0.1) is 24.0 Å². The molecule has 0 amide bonds. The molecule has 172 valence electrons. The summed E-state index contributed by atoms with van der Waals surface area (Å²) in [5, 5.41) is 16.0. The molecule has 30 heavy (non-hydrogen) atoms. The smallest absolute Gasteiger partial charge is 0.508 e. The van der Waals surface area contributed by atoms with Gasteiger partial charge in [-0.05, 0) is 37.0 Å². The van der Waals surface area contributed by atoms with Crippen LogP contribution < -0.4 is 15.4 Å². The van der Waals surface area contributed by atoms with Crippen LogP contribution in [0, 0.1) is 5.92 Å². The highest BCUT2D eigenvalue weighted by molar-refractivity contribution is 14.0. The fraction of sp³-hybridized carbons (Fsp3) is 0.588. The zero-order valence-electron chi connectivity index (χ0n) is 16.6. The van der Waals surface area contributed by atoms with Crippen LogP contribution in [-0.4, -0.2) is 63.1 Å². The summed E-state index contributed by atoms with van der Waals surface area (Å²) >= 11 is 0. The molecule has 1 saturated heterocycles. The van der Waals surface area contributed by atoms with Crippen molar-refractivity contribution in [3.63, 3.8) is 0 Å². The molecule has 1 fully saturated rings. The molecule has 0 saturated carbocycles. The van der Waals surface area contributed by atoms with Gasteiger partial charge < -0.3 is 20.5 Å². The van der Waals surface area contributed by atoms with Crippen LogP contribution in [0.4, 0.5) is 13.2 Å². The number of halogens is 4. The first-order chi connectivity index (χ1) is 13.6. The number of ether oxygens (including phenoxy) is 1. The minimum atomic E-state index is -5.27. The monoisotopic (exact) mass is 566 g/mol. The van der Waals surface area contributed by atoms with Crippen molar-refractivity contribution in [2.24, 2.45) is 10.9 Å². The number of methoxy groups -OCH3 is 1. The topological polar surface area (TPSA) is 103 Å². The molecule has 0 aliphatic carbocycles. The summed E-state index contributed by atoms with van der Waals surface area (Å²) in [4.78, 5) is 4.07. The molecule has 0 radical (unpaired) electrons. The van der Waals surface area contributed by atoms with Crippen molar-refractivity contribution in [1.82, 2.24) is 14.9 Å². The molecule has 13 heteroatoms. The SMILES string of the molecule is CN=C(NCc1cc(OC)ccc1O)NCC1CCN(S(=O)(=O)C(F)(F)F)CC1.I. The normalized spacial score (nSPS) is 16.6. The third-order valence-corrected chi connectivity index (χ3v) is 6.35. The van der Waals surface area contributed by atoms with Crippen LogP contribution in [0.25, 0.3) is 0 Å². The van der Waals surface area contributed by atoms with Crippen LogP contribution in [0.2, 0.25) is 0 Å². The summed E-state index contributed by atoms with van der Waals surface area (Å²) in [6.45, 7) is 0.379. The van der Waals surface area contributed by atoms with Gasteiger partial charge >= 0.3 is 15.5 Å². The van der Waals surface area contributed by atoms with Crippen molar-refractivity contribution >= 4 is 40.0 Å². The van der Waals surface area contributed by atoms with E-state index in [4.69, 9.17) is 4.74 Å². The van der Waals surface area contributed by atoms with E-state index in [1.807, 2.05) is 0 Å². The van der Waals surface area contributed by atoms with Crippen LogP contribution >= 0.6 is 24.0 Å². The quantitative estimate of drug-likeness (QED) is 0.278. The number of aromatic hydroxyl groups is 1. The van der Waals surface area contributed by atoms with Gasteiger partial charge in [-0.3, -0.25) is 4.99 Å². The number of piperidine rings is 1. The molecule has 1 aliphatic rings. The molecule has 1 aromatic rings. The first-order valence-electron chi connectivity index (χ1n) is 8.95. The Bertz CT molecular complexity index is 829. The molecule has 2 rings (SSSR count). The van der Waals surface area contributed by atoms with E-state index in [9.17, 15) is 26.7 Å². The number of phenolic OH excluding ortho intramolecular Hbond substituents is 1. The van der Waals surface area contributed by atoms with Gasteiger partial charge in [-0.25, -0.2) is 8.42 Å². The number of hydrogen-bond donors (Lipinski definition) is 3. The number of nitrogens with zero attached hydrogens (tertiary/aromatic N) is 2. The predicted molar refractivity (Wildman–Crippen MR) is 118 cm³/mol. The molecule has 0 bridgehead atoms. The maximum absolute atomic E-state index is 12.6. The van der Waals surface area contributed by atoms with E-state index in [0.717, 1.165) is 0 Å². The summed E-state index contributed by atoms with van der Waals surface area (Å²) in [7, 11) is -2.17. The van der Waals surface area contributed by atoms with E-state index in [-0.39, 0.29) is 55.3 Å². The third kappa shape index (κ3) is 6.77. The molecule has 8 nitrogen and oxygen atoms in total. The minimum absolute atomic E-state index is 0. The van der Waals surface area contributed by atoms with Gasteiger partial charge in [0.25, 0.3) is 0 Å². The first-order valence-corrected chi connectivity index (χ1v) is 10.4. The average Bonchev–Trinajstić information content (AvgIpc) is 2.68. The number of nitrogens with one attached hydrogen (secondary N) is 2. The van der Waals surface area contributed by atoms with Crippen molar-refractivity contribution in [3.05, 3.63) is 23.8 Å². The van der Waals surface area contributed by atoms with Crippen molar-refractivity contribution in [2.75, 3.05) is 33.8 Å². The number of aliphatic imine (C=N–C) groups is 1. The highest BCUT2D eigenvalue weighted by Crippen LogP contribution is 2.30. The Balaban J connectivity index is 0.00000450. The second-order valence-electron chi connectivity index (χ2n) is 6.59. The Morgan fingerprint density at radius 3 is 2.47 bits per heavy atom. The summed E-state index contributed by atoms with van der Waals surface area (Å²) in [5.74, 6) is 1.17. The van der Waals surface area contributed by atoms with Crippen molar-refractivity contribution < 1.29 is 31.4 Å². The van der Waals surface area contributed by atoms with Crippen LogP contribution in [0.15, 0.2) is 23.2 Å². The molecule has 3 N–H and O–H groups in total. The zero-order chi connectivity index (χ0) is 21.7. The molecule has 0 unspecified atom stereocenters. The summed E-state index contributed by atoms with van der Waals surface area (Å²) in [6.07, 6.45) is 0.631. The predicted octanol–water partition coefficient (Wildman–Crippen LogP) is 2.25. The van der Waals surface area contributed by atoms with E-state index < -0.39 is 15.5 Å². The van der Waals surface area contributed by atoms with Gasteiger partial charge in [0, 0.05) is 38.8 Å². The Hall–Kier alpha value is -1.48. The number of phenols is 1. The molecule has 1 aromatic carbocycles. The molecular weight excluding hydrogens is 540 g/mol. The number of sulfonamides is 1. The Labute approximate surface area is 191 Å². The Kier molecular flexibility index (Phi) is 9.94. The van der Waals surface area contributed by atoms with E-state index >= 15 is 0 Å². The Morgan fingerprint density at radius 2 is 1.93 bits per heavy atom. The number of guanidine groups is 1. The molecule has 0 spiro atoms. The van der Waals surface area contributed by atoms with Crippen LogP contribution in [0.1, 0.15) is 18.4 Å². The van der Waals surface area contributed by atoms with Gasteiger partial charge in [-0.1, -0.05) is 0 Å². The highest BCUT2D eigenvalue weighted by atomic mass is 127. The number of hydrogen-bond acceptors (Lipinski definition) is 5. The molecule has 1 aliphatic heterocycles. The average molecular weight is 566 g/mol. The minimum Gasteiger partial charge on any atom is -0.508 e. The third-order valence-electron chi connectivity index (χ3n) is 4.72. The van der Waals surface area contributed by atoms with Gasteiger partial charge in [0.05, 0.1) is 7.11 Å². The lowest BCUT2D eigenvalue weighted by atomic mass is 9.98. The van der Waals surface area contributed by atoms with Gasteiger partial charge in [0.2, 0.25) is 0 Å². The van der Waals surface area contributed by atoms with E-state index in [2.05, 4.69) is 15.6 Å². The van der Waals surface area contributed by atoms with Crippen molar-refractivity contribution in [2.45, 2.75) is 24.9 Å². The highest BCUT2D eigenvalue weighted by Gasteiger charge is 2.50. The molecule has 1 heterocycles. The molecule has 0 aromatic heterocycles. The largest absolute Gasteiger partial charge is 0.511 e. The lowest BCUT2D eigenvalue weighted by Crippen LogP contribution is -2.47. The lowest BCUT2D eigenvalue weighted by molar-refractivity contribution is -0.0496. The fourth-order valence-corrected chi connectivity index (χ4v) is 3.96. The standard InChI is InChI=1S/C17H25F3N4O4S.HI/c1-21-16(23-11-13-9-14(28-2)3-4-15(13)25)22-10-12-5-7-24(8-6-12)29(26,27)17(18,19)20;/h3-4,9,12,25H,5-8,10-11H2,1-2H3,(H2,21,22,23);1H. The number of alkyl halides is 3. The van der Waals surface area contributed by atoms with Crippen LogP contribution in [-0.2, 0) is 16.6 Å². The molecular formula is C17H26F3IN4O4S. The second kappa shape index (κ2) is 11.2.